The molecule has 0 heterocycles. The van der Waals surface area contributed by atoms with Crippen LogP contribution in [0.5, 0.6) is 0 Å². The van der Waals surface area contributed by atoms with E-state index < -0.39 is 8.32 Å². The summed E-state index contributed by atoms with van der Waals surface area (Å²) in [6, 6.07) is 0. The van der Waals surface area contributed by atoms with Crippen LogP contribution in [-0.2, 0) is 9.16 Å². The average Bonchev–Trinajstić information content (AvgIpc) is 2.25. The van der Waals surface area contributed by atoms with Gasteiger partial charge in [0.1, 0.15) is 0 Å². The van der Waals surface area contributed by atoms with Gasteiger partial charge in [-0.3, -0.25) is 0 Å². The highest BCUT2D eigenvalue weighted by Crippen LogP contribution is 2.32. The molecule has 0 amide bonds. The monoisotopic (exact) mass is 242 g/mol. The first-order valence-electron chi connectivity index (χ1n) is 6.38. The van der Waals surface area contributed by atoms with Crippen molar-refractivity contribution in [3.63, 3.8) is 0 Å². The molecule has 1 aliphatic carbocycles. The lowest BCUT2D eigenvalue weighted by Crippen LogP contribution is -2.26. The molecule has 0 N–H and O–H groups in total. The molecular weight excluding hydrogens is 216 g/mol. The summed E-state index contributed by atoms with van der Waals surface area (Å²) < 4.78 is 11.4. The van der Waals surface area contributed by atoms with Crippen LogP contribution >= 0.6 is 0 Å². The van der Waals surface area contributed by atoms with E-state index in [1.165, 1.54) is 37.7 Å². The molecule has 0 spiro atoms. The third kappa shape index (κ3) is 4.20. The second-order valence-electron chi connectivity index (χ2n) is 5.72. The third-order valence-electron chi connectivity index (χ3n) is 3.12. The number of methoxy groups -OCH3 is 1. The Balaban J connectivity index is 2.72. The van der Waals surface area contributed by atoms with Gasteiger partial charge in [-0.25, -0.2) is 0 Å². The second kappa shape index (κ2) is 5.76. The largest absolute Gasteiger partial charge is 0.520 e. The molecule has 0 aromatic carbocycles. The molecule has 1 fully saturated rings. The summed E-state index contributed by atoms with van der Waals surface area (Å²) in [6.07, 6.45) is 6.69. The zero-order valence-electron chi connectivity index (χ0n) is 11.4. The van der Waals surface area contributed by atoms with Crippen molar-refractivity contribution in [3.05, 3.63) is 11.5 Å². The van der Waals surface area contributed by atoms with Gasteiger partial charge in [-0.05, 0) is 45.3 Å². The molecule has 0 saturated heterocycles. The standard InChI is InChI=1S/C13H26O2Si/c1-11(12-9-7-6-8-10-12)13(14-2)15-16(3,4)5/h12H,6-10H2,1-5H3. The summed E-state index contributed by atoms with van der Waals surface area (Å²) in [5.74, 6) is 1.48. The fourth-order valence-electron chi connectivity index (χ4n) is 2.26. The highest BCUT2D eigenvalue weighted by Gasteiger charge is 2.24. The van der Waals surface area contributed by atoms with Crippen molar-refractivity contribution in [2.75, 3.05) is 7.11 Å². The molecule has 1 aliphatic rings. The summed E-state index contributed by atoms with van der Waals surface area (Å²) in [5.41, 5.74) is 1.32. The molecule has 1 saturated carbocycles. The van der Waals surface area contributed by atoms with Gasteiger partial charge in [-0.15, -0.1) is 0 Å². The third-order valence-corrected chi connectivity index (χ3v) is 3.92. The van der Waals surface area contributed by atoms with E-state index in [9.17, 15) is 0 Å². The van der Waals surface area contributed by atoms with Gasteiger partial charge in [0.2, 0.25) is 8.32 Å². The molecule has 16 heavy (non-hydrogen) atoms. The van der Waals surface area contributed by atoms with Crippen LogP contribution in [0.4, 0.5) is 0 Å². The van der Waals surface area contributed by atoms with Crippen molar-refractivity contribution >= 4 is 8.32 Å². The van der Waals surface area contributed by atoms with Crippen molar-refractivity contribution in [3.8, 4) is 0 Å². The molecule has 0 radical (unpaired) electrons. The highest BCUT2D eigenvalue weighted by atomic mass is 28.4. The predicted octanol–water partition coefficient (Wildman–Crippen LogP) is 4.30. The van der Waals surface area contributed by atoms with Crippen LogP contribution in [0.2, 0.25) is 19.6 Å². The van der Waals surface area contributed by atoms with Gasteiger partial charge >= 0.3 is 0 Å². The Labute approximate surface area is 101 Å². The molecule has 0 aliphatic heterocycles. The first-order chi connectivity index (χ1) is 7.44. The van der Waals surface area contributed by atoms with E-state index in [1.54, 1.807) is 7.11 Å². The van der Waals surface area contributed by atoms with Crippen LogP contribution in [0.15, 0.2) is 11.5 Å². The summed E-state index contributed by atoms with van der Waals surface area (Å²) >= 11 is 0. The van der Waals surface area contributed by atoms with Crippen molar-refractivity contribution in [1.82, 2.24) is 0 Å². The first-order valence-corrected chi connectivity index (χ1v) is 9.78. The minimum absolute atomic E-state index is 0.681. The van der Waals surface area contributed by atoms with Crippen LogP contribution in [0.3, 0.4) is 0 Å². The maximum absolute atomic E-state index is 6.00. The number of allylic oxidation sites excluding steroid dienone is 1. The SMILES string of the molecule is COC(O[Si](C)(C)C)=C(C)C1CCCCC1. The zero-order chi connectivity index (χ0) is 12.2. The predicted molar refractivity (Wildman–Crippen MR) is 70.7 cm³/mol. The van der Waals surface area contributed by atoms with E-state index in [0.29, 0.717) is 5.92 Å². The van der Waals surface area contributed by atoms with Crippen LogP contribution in [0.1, 0.15) is 39.0 Å². The van der Waals surface area contributed by atoms with Crippen molar-refractivity contribution in [2.45, 2.75) is 58.7 Å². The molecular formula is C13H26O2Si. The summed E-state index contributed by atoms with van der Waals surface area (Å²) in [4.78, 5) is 0. The fraction of sp³-hybridized carbons (Fsp3) is 0.846. The summed E-state index contributed by atoms with van der Waals surface area (Å²) in [7, 11) is 0.174. The van der Waals surface area contributed by atoms with E-state index in [-0.39, 0.29) is 0 Å². The molecule has 94 valence electrons. The van der Waals surface area contributed by atoms with Gasteiger partial charge in [0.15, 0.2) is 0 Å². The quantitative estimate of drug-likeness (QED) is 0.540. The molecule has 0 aromatic heterocycles. The van der Waals surface area contributed by atoms with Crippen LogP contribution in [-0.4, -0.2) is 15.4 Å². The number of ether oxygens (including phenoxy) is 1. The molecule has 2 nitrogen and oxygen atoms in total. The molecule has 0 unspecified atom stereocenters. The average molecular weight is 242 g/mol. The lowest BCUT2D eigenvalue weighted by Gasteiger charge is -2.27. The summed E-state index contributed by atoms with van der Waals surface area (Å²) in [6.45, 7) is 8.76. The maximum Gasteiger partial charge on any atom is 0.264 e. The van der Waals surface area contributed by atoms with Crippen LogP contribution in [0, 0.1) is 5.92 Å². The van der Waals surface area contributed by atoms with E-state index in [1.807, 2.05) is 0 Å². The minimum atomic E-state index is -1.55. The Hall–Kier alpha value is -0.443. The smallest absolute Gasteiger partial charge is 0.264 e. The van der Waals surface area contributed by atoms with Gasteiger partial charge in [-0.2, -0.15) is 0 Å². The lowest BCUT2D eigenvalue weighted by molar-refractivity contribution is 0.136. The van der Waals surface area contributed by atoms with Gasteiger partial charge in [0.25, 0.3) is 5.95 Å². The van der Waals surface area contributed by atoms with Gasteiger partial charge in [0.05, 0.1) is 7.11 Å². The second-order valence-corrected chi connectivity index (χ2v) is 10.2. The summed E-state index contributed by atoms with van der Waals surface area (Å²) in [5, 5.41) is 0. The van der Waals surface area contributed by atoms with Crippen LogP contribution in [0.25, 0.3) is 0 Å². The molecule has 1 rings (SSSR count). The first kappa shape index (κ1) is 13.6. The number of hydrogen-bond acceptors (Lipinski definition) is 2. The normalized spacial score (nSPS) is 20.3. The van der Waals surface area contributed by atoms with Gasteiger partial charge in [0, 0.05) is 5.57 Å². The van der Waals surface area contributed by atoms with E-state index >= 15 is 0 Å². The van der Waals surface area contributed by atoms with Crippen molar-refractivity contribution in [2.24, 2.45) is 5.92 Å². The molecule has 0 atom stereocenters. The Morgan fingerprint density at radius 2 is 1.62 bits per heavy atom. The lowest BCUT2D eigenvalue weighted by atomic mass is 9.85. The highest BCUT2D eigenvalue weighted by molar-refractivity contribution is 6.70. The molecule has 0 aromatic rings. The topological polar surface area (TPSA) is 18.5 Å². The van der Waals surface area contributed by atoms with Gasteiger partial charge in [-0.1, -0.05) is 19.3 Å². The fourth-order valence-corrected chi connectivity index (χ4v) is 3.06. The Kier molecular flexibility index (Phi) is 4.90. The zero-order valence-corrected chi connectivity index (χ0v) is 12.4. The van der Waals surface area contributed by atoms with E-state index in [2.05, 4.69) is 26.6 Å². The van der Waals surface area contributed by atoms with Crippen LogP contribution < -0.4 is 0 Å². The van der Waals surface area contributed by atoms with Gasteiger partial charge < -0.3 is 9.16 Å². The van der Waals surface area contributed by atoms with E-state index in [0.717, 1.165) is 5.95 Å². The number of hydrogen-bond donors (Lipinski definition) is 0. The molecule has 3 heteroatoms. The Morgan fingerprint density at radius 1 is 1.06 bits per heavy atom. The maximum atomic E-state index is 6.00. The van der Waals surface area contributed by atoms with Crippen molar-refractivity contribution in [1.29, 1.82) is 0 Å². The van der Waals surface area contributed by atoms with Crippen molar-refractivity contribution < 1.29 is 9.16 Å². The molecule has 0 bridgehead atoms. The number of rotatable bonds is 4. The Bertz CT molecular complexity index is 247. The van der Waals surface area contributed by atoms with E-state index in [4.69, 9.17) is 9.16 Å². The minimum Gasteiger partial charge on any atom is -0.520 e. The Morgan fingerprint density at radius 3 is 2.06 bits per heavy atom.